The Hall–Kier alpha value is -2.60. The van der Waals surface area contributed by atoms with E-state index in [9.17, 15) is 4.79 Å². The van der Waals surface area contributed by atoms with E-state index < -0.39 is 0 Å². The Bertz CT molecular complexity index is 757. The third-order valence-electron chi connectivity index (χ3n) is 2.93. The molecule has 110 valence electrons. The summed E-state index contributed by atoms with van der Waals surface area (Å²) in [5.74, 6) is 1.25. The summed E-state index contributed by atoms with van der Waals surface area (Å²) in [5, 5.41) is 2.61. The Kier molecular flexibility index (Phi) is 4.20. The Morgan fingerprint density at radius 1 is 1.32 bits per heavy atom. The molecule has 1 N–H and O–H groups in total. The van der Waals surface area contributed by atoms with Gasteiger partial charge in [-0.05, 0) is 41.6 Å². The van der Waals surface area contributed by atoms with Gasteiger partial charge in [0, 0.05) is 18.5 Å². The van der Waals surface area contributed by atoms with E-state index in [0.29, 0.717) is 11.5 Å². The van der Waals surface area contributed by atoms with Crippen LogP contribution >= 0.6 is 11.8 Å². The number of amides is 1. The lowest BCUT2D eigenvalue weighted by atomic mass is 10.2. The normalized spacial score (nSPS) is 17.8. The highest BCUT2D eigenvalue weighted by Gasteiger charge is 2.23. The average molecular weight is 311 g/mol. The van der Waals surface area contributed by atoms with Crippen molar-refractivity contribution in [3.05, 3.63) is 59.3 Å². The highest BCUT2D eigenvalue weighted by Crippen LogP contribution is 2.29. The Labute approximate surface area is 132 Å². The summed E-state index contributed by atoms with van der Waals surface area (Å²) >= 11 is 1.12. The zero-order chi connectivity index (χ0) is 15.4. The number of carbonyl (C=O) groups is 1. The first-order valence-electron chi connectivity index (χ1n) is 6.58. The second kappa shape index (κ2) is 6.44. The Morgan fingerprint density at radius 2 is 2.23 bits per heavy atom. The van der Waals surface area contributed by atoms with Gasteiger partial charge in [-0.15, -0.1) is 0 Å². The van der Waals surface area contributed by atoms with E-state index in [4.69, 9.17) is 4.74 Å². The molecule has 3 rings (SSSR count). The van der Waals surface area contributed by atoms with Gasteiger partial charge in [-0.25, -0.2) is 4.99 Å². The number of nitrogens with one attached hydrogen (secondary N) is 1. The zero-order valence-electron chi connectivity index (χ0n) is 11.8. The van der Waals surface area contributed by atoms with Gasteiger partial charge in [0.15, 0.2) is 0 Å². The SMILES string of the molecule is COc1cccc(N=C2NC(=O)S/C2=C\c2cccnc2)c1. The summed E-state index contributed by atoms with van der Waals surface area (Å²) < 4.78 is 5.18. The summed E-state index contributed by atoms with van der Waals surface area (Å²) in [6.45, 7) is 0. The maximum atomic E-state index is 11.7. The van der Waals surface area contributed by atoms with Gasteiger partial charge in [0.2, 0.25) is 0 Å². The second-order valence-electron chi connectivity index (χ2n) is 4.47. The van der Waals surface area contributed by atoms with Gasteiger partial charge in [0.05, 0.1) is 17.7 Å². The quantitative estimate of drug-likeness (QED) is 0.940. The molecular formula is C16H13N3O2S. The van der Waals surface area contributed by atoms with Crippen molar-refractivity contribution >= 4 is 34.6 Å². The highest BCUT2D eigenvalue weighted by atomic mass is 32.2. The van der Waals surface area contributed by atoms with E-state index in [-0.39, 0.29) is 5.24 Å². The van der Waals surface area contributed by atoms with Crippen LogP contribution in [-0.2, 0) is 0 Å². The summed E-state index contributed by atoms with van der Waals surface area (Å²) in [6, 6.07) is 11.1. The first kappa shape index (κ1) is 14.3. The highest BCUT2D eigenvalue weighted by molar-refractivity contribution is 8.18. The Morgan fingerprint density at radius 3 is 3.00 bits per heavy atom. The molecule has 6 heteroatoms. The first-order chi connectivity index (χ1) is 10.7. The van der Waals surface area contributed by atoms with Crippen LogP contribution < -0.4 is 10.1 Å². The van der Waals surface area contributed by atoms with Gasteiger partial charge in [-0.3, -0.25) is 9.78 Å². The fourth-order valence-corrected chi connectivity index (χ4v) is 2.67. The molecule has 5 nitrogen and oxygen atoms in total. The first-order valence-corrected chi connectivity index (χ1v) is 7.40. The van der Waals surface area contributed by atoms with E-state index in [2.05, 4.69) is 15.3 Å². The standard InChI is InChI=1S/C16H13N3O2S/c1-21-13-6-2-5-12(9-13)18-15-14(22-16(20)19-15)8-11-4-3-7-17-10-11/h2-10H,1H3,(H,18,19,20)/b14-8-. The van der Waals surface area contributed by atoms with Crippen LogP contribution in [0, 0.1) is 0 Å². The van der Waals surface area contributed by atoms with Gasteiger partial charge >= 0.3 is 0 Å². The third-order valence-corrected chi connectivity index (χ3v) is 3.75. The number of benzene rings is 1. The molecule has 0 saturated carbocycles. The van der Waals surface area contributed by atoms with Crippen molar-refractivity contribution in [2.24, 2.45) is 4.99 Å². The predicted molar refractivity (Wildman–Crippen MR) is 88.4 cm³/mol. The van der Waals surface area contributed by atoms with Gasteiger partial charge < -0.3 is 10.1 Å². The maximum Gasteiger partial charge on any atom is 0.289 e. The van der Waals surface area contributed by atoms with Crippen molar-refractivity contribution in [3.63, 3.8) is 0 Å². The van der Waals surface area contributed by atoms with Crippen molar-refractivity contribution in [3.8, 4) is 5.75 Å². The van der Waals surface area contributed by atoms with E-state index in [1.807, 2.05) is 42.5 Å². The van der Waals surface area contributed by atoms with Gasteiger partial charge in [0.25, 0.3) is 5.24 Å². The Balaban J connectivity index is 1.95. The number of ether oxygens (including phenoxy) is 1. The number of nitrogens with zero attached hydrogens (tertiary/aromatic N) is 2. The van der Waals surface area contributed by atoms with Crippen LogP contribution in [0.3, 0.4) is 0 Å². The van der Waals surface area contributed by atoms with Crippen LogP contribution in [-0.4, -0.2) is 23.2 Å². The monoisotopic (exact) mass is 311 g/mol. The number of amidine groups is 1. The lowest BCUT2D eigenvalue weighted by Crippen LogP contribution is -2.18. The van der Waals surface area contributed by atoms with Crippen LogP contribution in [0.15, 0.2) is 58.7 Å². The summed E-state index contributed by atoms with van der Waals surface area (Å²) in [6.07, 6.45) is 5.33. The maximum absolute atomic E-state index is 11.7. The van der Waals surface area contributed by atoms with Crippen molar-refractivity contribution < 1.29 is 9.53 Å². The van der Waals surface area contributed by atoms with Crippen LogP contribution in [0.4, 0.5) is 10.5 Å². The molecule has 1 amide bonds. The molecule has 1 fully saturated rings. The van der Waals surface area contributed by atoms with Gasteiger partial charge in [-0.2, -0.15) is 0 Å². The van der Waals surface area contributed by atoms with E-state index in [1.165, 1.54) is 0 Å². The lowest BCUT2D eigenvalue weighted by Gasteiger charge is -2.02. The van der Waals surface area contributed by atoms with Gasteiger partial charge in [0.1, 0.15) is 11.6 Å². The molecule has 0 unspecified atom stereocenters. The number of methoxy groups -OCH3 is 1. The molecule has 1 aliphatic rings. The number of thioether (sulfide) groups is 1. The molecule has 2 aromatic rings. The van der Waals surface area contributed by atoms with Crippen molar-refractivity contribution in [2.45, 2.75) is 0 Å². The van der Waals surface area contributed by atoms with Crippen LogP contribution in [0.25, 0.3) is 6.08 Å². The molecule has 0 radical (unpaired) electrons. The number of aromatic nitrogens is 1. The molecule has 1 aliphatic heterocycles. The van der Waals surface area contributed by atoms with Crippen LogP contribution in [0.1, 0.15) is 5.56 Å². The van der Waals surface area contributed by atoms with Crippen LogP contribution in [0.2, 0.25) is 0 Å². The minimum absolute atomic E-state index is 0.142. The lowest BCUT2D eigenvalue weighted by molar-refractivity contribution is 0.265. The number of hydrogen-bond donors (Lipinski definition) is 1. The summed E-state index contributed by atoms with van der Waals surface area (Å²) in [7, 11) is 1.60. The van der Waals surface area contributed by atoms with Crippen LogP contribution in [0.5, 0.6) is 5.75 Å². The molecular weight excluding hydrogens is 298 g/mol. The molecule has 0 bridgehead atoms. The average Bonchev–Trinajstić information content (AvgIpc) is 2.88. The summed E-state index contributed by atoms with van der Waals surface area (Å²) in [5.41, 5.74) is 1.63. The zero-order valence-corrected chi connectivity index (χ0v) is 12.6. The van der Waals surface area contributed by atoms with E-state index in [0.717, 1.165) is 28.0 Å². The molecule has 2 heterocycles. The minimum atomic E-state index is -0.142. The van der Waals surface area contributed by atoms with E-state index >= 15 is 0 Å². The largest absolute Gasteiger partial charge is 0.497 e. The predicted octanol–water partition coefficient (Wildman–Crippen LogP) is 3.62. The van der Waals surface area contributed by atoms with Crippen molar-refractivity contribution in [1.29, 1.82) is 0 Å². The molecule has 22 heavy (non-hydrogen) atoms. The van der Waals surface area contributed by atoms with Crippen molar-refractivity contribution in [1.82, 2.24) is 10.3 Å². The molecule has 0 spiro atoms. The molecule has 1 saturated heterocycles. The fourth-order valence-electron chi connectivity index (χ4n) is 1.93. The van der Waals surface area contributed by atoms with E-state index in [1.54, 1.807) is 19.5 Å². The smallest absolute Gasteiger partial charge is 0.289 e. The topological polar surface area (TPSA) is 63.6 Å². The molecule has 1 aromatic carbocycles. The number of carbonyl (C=O) groups excluding carboxylic acids is 1. The van der Waals surface area contributed by atoms with Gasteiger partial charge in [-0.1, -0.05) is 12.1 Å². The molecule has 1 aromatic heterocycles. The fraction of sp³-hybridized carbons (Fsp3) is 0.0625. The summed E-state index contributed by atoms with van der Waals surface area (Å²) in [4.78, 5) is 21.0. The molecule has 0 aliphatic carbocycles. The third kappa shape index (κ3) is 3.35. The molecule has 0 atom stereocenters. The number of rotatable bonds is 3. The second-order valence-corrected chi connectivity index (χ2v) is 5.49. The van der Waals surface area contributed by atoms with Crippen molar-refractivity contribution in [2.75, 3.05) is 7.11 Å². The minimum Gasteiger partial charge on any atom is -0.497 e. The number of aliphatic imine (C=N–C) groups is 1. The number of pyridine rings is 1. The number of hydrogen-bond acceptors (Lipinski definition) is 5.